The smallest absolute Gasteiger partial charge is 0.254 e. The van der Waals surface area contributed by atoms with E-state index in [2.05, 4.69) is 20.6 Å². The largest absolute Gasteiger partial charge is 0.367 e. The lowest BCUT2D eigenvalue weighted by Gasteiger charge is -2.20. The topological polar surface area (TPSA) is 113 Å². The molecular formula is C19H22N6O2. The number of nitrogens with two attached hydrogens (primary N) is 1. The van der Waals surface area contributed by atoms with Crippen molar-refractivity contribution < 1.29 is 9.59 Å². The highest BCUT2D eigenvalue weighted by Crippen LogP contribution is 2.34. The fourth-order valence-corrected chi connectivity index (χ4v) is 3.47. The zero-order chi connectivity index (χ0) is 19.1. The molecule has 2 aliphatic rings. The van der Waals surface area contributed by atoms with Gasteiger partial charge in [-0.15, -0.1) is 0 Å². The molecule has 1 fully saturated rings. The van der Waals surface area contributed by atoms with Gasteiger partial charge in [-0.25, -0.2) is 4.98 Å². The lowest BCUT2D eigenvalue weighted by Crippen LogP contribution is -2.33. The summed E-state index contributed by atoms with van der Waals surface area (Å²) in [5.41, 5.74) is 8.58. The van der Waals surface area contributed by atoms with Crippen molar-refractivity contribution in [1.82, 2.24) is 9.97 Å². The van der Waals surface area contributed by atoms with Crippen LogP contribution in [-0.2, 0) is 11.2 Å². The third-order valence-electron chi connectivity index (χ3n) is 4.86. The molecule has 1 unspecified atom stereocenters. The maximum absolute atomic E-state index is 11.9. The molecule has 2 aromatic rings. The Morgan fingerprint density at radius 1 is 1.30 bits per heavy atom. The molecule has 8 nitrogen and oxygen atoms in total. The van der Waals surface area contributed by atoms with E-state index in [4.69, 9.17) is 5.73 Å². The molecule has 140 valence electrons. The normalized spacial score (nSPS) is 18.1. The zero-order valence-corrected chi connectivity index (χ0v) is 15.3. The van der Waals surface area contributed by atoms with E-state index in [0.717, 1.165) is 36.2 Å². The molecule has 1 aliphatic carbocycles. The molecule has 1 aromatic heterocycles. The van der Waals surface area contributed by atoms with Crippen LogP contribution in [0.15, 0.2) is 24.4 Å². The predicted molar refractivity (Wildman–Crippen MR) is 103 cm³/mol. The lowest BCUT2D eigenvalue weighted by molar-refractivity contribution is -0.116. The molecule has 0 saturated heterocycles. The van der Waals surface area contributed by atoms with Crippen LogP contribution in [0.25, 0.3) is 0 Å². The third-order valence-corrected chi connectivity index (χ3v) is 4.86. The SMILES string of the molecule is CC(=O)N1c2ccc(Nc3ncc(C(N)=O)c(NC4CC4)n3)cc2CC1C. The van der Waals surface area contributed by atoms with Crippen molar-refractivity contribution >= 4 is 35.0 Å². The van der Waals surface area contributed by atoms with Crippen molar-refractivity contribution in [2.24, 2.45) is 5.73 Å². The molecule has 1 atom stereocenters. The van der Waals surface area contributed by atoms with Gasteiger partial charge in [0, 0.05) is 36.6 Å². The maximum atomic E-state index is 11.9. The summed E-state index contributed by atoms with van der Waals surface area (Å²) in [5, 5.41) is 6.40. The van der Waals surface area contributed by atoms with Gasteiger partial charge in [-0.2, -0.15) is 4.98 Å². The first-order chi connectivity index (χ1) is 12.9. The molecule has 4 rings (SSSR count). The summed E-state index contributed by atoms with van der Waals surface area (Å²) >= 11 is 0. The van der Waals surface area contributed by atoms with Crippen molar-refractivity contribution in [2.45, 2.75) is 45.2 Å². The van der Waals surface area contributed by atoms with Crippen LogP contribution in [-0.4, -0.2) is 33.9 Å². The molecule has 27 heavy (non-hydrogen) atoms. The molecule has 8 heteroatoms. The van der Waals surface area contributed by atoms with Crippen LogP contribution in [0.2, 0.25) is 0 Å². The zero-order valence-electron chi connectivity index (χ0n) is 15.3. The molecule has 1 saturated carbocycles. The van der Waals surface area contributed by atoms with E-state index in [9.17, 15) is 9.59 Å². The number of fused-ring (bicyclic) bond motifs is 1. The average Bonchev–Trinajstić information content (AvgIpc) is 3.34. The minimum absolute atomic E-state index is 0.0446. The third kappa shape index (κ3) is 3.42. The first kappa shape index (κ1) is 17.3. The van der Waals surface area contributed by atoms with Crippen LogP contribution in [0.4, 0.5) is 23.1 Å². The summed E-state index contributed by atoms with van der Waals surface area (Å²) < 4.78 is 0. The first-order valence-corrected chi connectivity index (χ1v) is 9.05. The second kappa shape index (κ2) is 6.53. The summed E-state index contributed by atoms with van der Waals surface area (Å²) in [6.45, 7) is 3.62. The van der Waals surface area contributed by atoms with E-state index in [0.29, 0.717) is 17.8 Å². The Hall–Kier alpha value is -3.16. The molecule has 0 bridgehead atoms. The van der Waals surface area contributed by atoms with Gasteiger partial charge < -0.3 is 21.3 Å². The first-order valence-electron chi connectivity index (χ1n) is 9.05. The van der Waals surface area contributed by atoms with Crippen LogP contribution in [0.5, 0.6) is 0 Å². The summed E-state index contributed by atoms with van der Waals surface area (Å²) in [4.78, 5) is 33.9. The summed E-state index contributed by atoms with van der Waals surface area (Å²) in [5.74, 6) is 0.335. The number of hydrogen-bond acceptors (Lipinski definition) is 6. The molecule has 1 aliphatic heterocycles. The van der Waals surface area contributed by atoms with Gasteiger partial charge in [-0.05, 0) is 49.9 Å². The Kier molecular flexibility index (Phi) is 4.18. The number of carbonyl (C=O) groups excluding carboxylic acids is 2. The van der Waals surface area contributed by atoms with E-state index in [-0.39, 0.29) is 17.5 Å². The van der Waals surface area contributed by atoms with Gasteiger partial charge in [0.15, 0.2) is 0 Å². The average molecular weight is 366 g/mol. The number of carbonyl (C=O) groups is 2. The molecule has 0 spiro atoms. The number of hydrogen-bond donors (Lipinski definition) is 3. The van der Waals surface area contributed by atoms with E-state index >= 15 is 0 Å². The number of aromatic nitrogens is 2. The van der Waals surface area contributed by atoms with Gasteiger partial charge in [0.2, 0.25) is 11.9 Å². The second-order valence-electron chi connectivity index (χ2n) is 7.15. The number of primary amides is 1. The van der Waals surface area contributed by atoms with Crippen molar-refractivity contribution in [3.05, 3.63) is 35.5 Å². The monoisotopic (exact) mass is 366 g/mol. The molecule has 4 N–H and O–H groups in total. The van der Waals surface area contributed by atoms with Crippen LogP contribution in [0.3, 0.4) is 0 Å². The molecule has 1 aromatic carbocycles. The second-order valence-corrected chi connectivity index (χ2v) is 7.15. The van der Waals surface area contributed by atoms with Crippen molar-refractivity contribution in [3.63, 3.8) is 0 Å². The minimum Gasteiger partial charge on any atom is -0.367 e. The Bertz CT molecular complexity index is 924. The molecule has 0 radical (unpaired) electrons. The van der Waals surface area contributed by atoms with Crippen LogP contribution < -0.4 is 21.3 Å². The van der Waals surface area contributed by atoms with E-state index in [1.807, 2.05) is 30.0 Å². The highest BCUT2D eigenvalue weighted by Gasteiger charge is 2.29. The van der Waals surface area contributed by atoms with Crippen molar-refractivity contribution in [2.75, 3.05) is 15.5 Å². The van der Waals surface area contributed by atoms with Gasteiger partial charge in [0.25, 0.3) is 5.91 Å². The van der Waals surface area contributed by atoms with Gasteiger partial charge >= 0.3 is 0 Å². The standard InChI is InChI=1S/C19H22N6O2/c1-10-7-12-8-14(5-6-16(12)25(10)11(2)26)23-19-21-9-15(17(20)27)18(24-19)22-13-3-4-13/h5-6,8-10,13H,3-4,7H2,1-2H3,(H2,20,27)(H2,21,22,23,24). The summed E-state index contributed by atoms with van der Waals surface area (Å²) in [6, 6.07) is 6.32. The number of rotatable bonds is 5. The fraction of sp³-hybridized carbons (Fsp3) is 0.368. The quantitative estimate of drug-likeness (QED) is 0.747. The Labute approximate surface area is 157 Å². The molecule has 2 heterocycles. The number of nitrogens with one attached hydrogen (secondary N) is 2. The Morgan fingerprint density at radius 3 is 2.74 bits per heavy atom. The highest BCUT2D eigenvalue weighted by molar-refractivity contribution is 5.97. The molecule has 2 amide bonds. The Morgan fingerprint density at radius 2 is 2.07 bits per heavy atom. The van der Waals surface area contributed by atoms with Crippen LogP contribution in [0.1, 0.15) is 42.6 Å². The van der Waals surface area contributed by atoms with Gasteiger partial charge in [0.1, 0.15) is 5.82 Å². The van der Waals surface area contributed by atoms with Crippen molar-refractivity contribution in [1.29, 1.82) is 0 Å². The fourth-order valence-electron chi connectivity index (χ4n) is 3.47. The van der Waals surface area contributed by atoms with E-state index < -0.39 is 5.91 Å². The lowest BCUT2D eigenvalue weighted by atomic mass is 10.1. The van der Waals surface area contributed by atoms with Gasteiger partial charge in [0.05, 0.1) is 5.56 Å². The molecular weight excluding hydrogens is 344 g/mol. The summed E-state index contributed by atoms with van der Waals surface area (Å²) in [6.07, 6.45) is 4.36. The minimum atomic E-state index is -0.555. The predicted octanol–water partition coefficient (Wildman–Crippen LogP) is 2.19. The maximum Gasteiger partial charge on any atom is 0.254 e. The number of benzene rings is 1. The number of anilines is 4. The highest BCUT2D eigenvalue weighted by atomic mass is 16.2. The van der Waals surface area contributed by atoms with Gasteiger partial charge in [-0.3, -0.25) is 9.59 Å². The number of amides is 2. The van der Waals surface area contributed by atoms with E-state index in [1.165, 1.54) is 6.20 Å². The van der Waals surface area contributed by atoms with Crippen LogP contribution >= 0.6 is 0 Å². The number of nitrogens with zero attached hydrogens (tertiary/aromatic N) is 3. The Balaban J connectivity index is 1.59. The van der Waals surface area contributed by atoms with E-state index in [1.54, 1.807) is 6.92 Å². The van der Waals surface area contributed by atoms with Crippen molar-refractivity contribution in [3.8, 4) is 0 Å². The van der Waals surface area contributed by atoms with Crippen LogP contribution in [0, 0.1) is 0 Å². The summed E-state index contributed by atoms with van der Waals surface area (Å²) in [7, 11) is 0. The van der Waals surface area contributed by atoms with Gasteiger partial charge in [-0.1, -0.05) is 0 Å².